The largest absolute Gasteiger partial charge is 0.460 e. The van der Waals surface area contributed by atoms with Gasteiger partial charge in [-0.05, 0) is 36.5 Å². The van der Waals surface area contributed by atoms with E-state index in [0.717, 1.165) is 16.7 Å². The highest BCUT2D eigenvalue weighted by Crippen LogP contribution is 2.31. The van der Waals surface area contributed by atoms with Crippen LogP contribution in [0.4, 0.5) is 0 Å². The fourth-order valence-corrected chi connectivity index (χ4v) is 3.35. The van der Waals surface area contributed by atoms with E-state index in [0.29, 0.717) is 12.8 Å². The van der Waals surface area contributed by atoms with Gasteiger partial charge >= 0.3 is 5.97 Å². The zero-order chi connectivity index (χ0) is 19.8. The third-order valence-electron chi connectivity index (χ3n) is 4.97. The number of rotatable bonds is 8. The Morgan fingerprint density at radius 3 is 1.46 bits per heavy atom. The lowest BCUT2D eigenvalue weighted by Gasteiger charge is -2.29. The number of hydrogen-bond donors (Lipinski definition) is 0. The van der Waals surface area contributed by atoms with Crippen molar-refractivity contribution in [3.8, 4) is 0 Å². The van der Waals surface area contributed by atoms with Crippen LogP contribution in [0.3, 0.4) is 0 Å². The van der Waals surface area contributed by atoms with Gasteiger partial charge in [0.25, 0.3) is 0 Å². The molecule has 0 aliphatic heterocycles. The summed E-state index contributed by atoms with van der Waals surface area (Å²) in [7, 11) is 0. The van der Waals surface area contributed by atoms with Crippen LogP contribution in [-0.4, -0.2) is 11.8 Å². The molecule has 0 atom stereocenters. The fraction of sp³-hybridized carbons (Fsp3) is 0.200. The summed E-state index contributed by atoms with van der Waals surface area (Å²) in [6, 6.07) is 28.8. The number of carbonyl (C=O) groups is 2. The third-order valence-corrected chi connectivity index (χ3v) is 4.97. The Bertz CT molecular complexity index is 861. The standard InChI is InChI=1S/C25H24O3/c1-20(26)25(17-21-11-5-2-6-12-21,18-22-13-7-3-8-14-22)24(27)28-19-23-15-9-4-10-16-23/h2-16H,17-19H2,1H3. The summed E-state index contributed by atoms with van der Waals surface area (Å²) >= 11 is 0. The van der Waals surface area contributed by atoms with Crippen molar-refractivity contribution >= 4 is 11.8 Å². The van der Waals surface area contributed by atoms with Crippen molar-refractivity contribution in [1.82, 2.24) is 0 Å². The minimum atomic E-state index is -1.25. The van der Waals surface area contributed by atoms with Gasteiger partial charge in [-0.25, -0.2) is 0 Å². The number of hydrogen-bond acceptors (Lipinski definition) is 3. The van der Waals surface area contributed by atoms with Crippen LogP contribution in [0.15, 0.2) is 91.0 Å². The number of Topliss-reactive ketones (excluding diaryl/α,β-unsaturated/α-hetero) is 1. The lowest BCUT2D eigenvalue weighted by atomic mass is 9.73. The van der Waals surface area contributed by atoms with Crippen LogP contribution in [0.1, 0.15) is 23.6 Å². The highest BCUT2D eigenvalue weighted by molar-refractivity contribution is 6.03. The molecule has 0 unspecified atom stereocenters. The molecule has 0 aliphatic rings. The van der Waals surface area contributed by atoms with Crippen molar-refractivity contribution in [3.05, 3.63) is 108 Å². The first kappa shape index (κ1) is 19.6. The minimum absolute atomic E-state index is 0.151. The van der Waals surface area contributed by atoms with E-state index in [1.807, 2.05) is 91.0 Å². The summed E-state index contributed by atoms with van der Waals surface area (Å²) in [5.41, 5.74) is 1.51. The van der Waals surface area contributed by atoms with Gasteiger partial charge in [0.2, 0.25) is 0 Å². The Hall–Kier alpha value is -3.20. The second-order valence-corrected chi connectivity index (χ2v) is 7.02. The number of carbonyl (C=O) groups excluding carboxylic acids is 2. The van der Waals surface area contributed by atoms with Crippen LogP contribution in [0.5, 0.6) is 0 Å². The molecule has 0 amide bonds. The van der Waals surface area contributed by atoms with Crippen molar-refractivity contribution < 1.29 is 14.3 Å². The first-order valence-corrected chi connectivity index (χ1v) is 9.40. The summed E-state index contributed by atoms with van der Waals surface area (Å²) < 4.78 is 5.64. The van der Waals surface area contributed by atoms with Crippen LogP contribution in [0, 0.1) is 5.41 Å². The molecule has 0 fully saturated rings. The van der Waals surface area contributed by atoms with Crippen molar-refractivity contribution in [1.29, 1.82) is 0 Å². The molecule has 3 aromatic rings. The molecule has 0 bridgehead atoms. The Morgan fingerprint density at radius 1 is 0.679 bits per heavy atom. The molecule has 0 radical (unpaired) electrons. The molecule has 3 nitrogen and oxygen atoms in total. The summed E-state index contributed by atoms with van der Waals surface area (Å²) in [5, 5.41) is 0. The second kappa shape index (κ2) is 9.14. The Morgan fingerprint density at radius 2 is 1.07 bits per heavy atom. The summed E-state index contributed by atoms with van der Waals surface area (Å²) in [4.78, 5) is 26.1. The van der Waals surface area contributed by atoms with Gasteiger partial charge in [0.05, 0.1) is 0 Å². The predicted octanol–water partition coefficient (Wildman–Crippen LogP) is 4.79. The summed E-state index contributed by atoms with van der Waals surface area (Å²) in [6.07, 6.45) is 0.622. The maximum atomic E-state index is 13.2. The molecule has 3 heteroatoms. The molecule has 0 N–H and O–H groups in total. The Labute approximate surface area is 166 Å². The lowest BCUT2D eigenvalue weighted by Crippen LogP contribution is -2.43. The van der Waals surface area contributed by atoms with E-state index in [4.69, 9.17) is 4.74 Å². The van der Waals surface area contributed by atoms with E-state index in [9.17, 15) is 9.59 Å². The van der Waals surface area contributed by atoms with Gasteiger partial charge in [-0.2, -0.15) is 0 Å². The number of ketones is 1. The average molecular weight is 372 g/mol. The monoisotopic (exact) mass is 372 g/mol. The molecule has 3 aromatic carbocycles. The number of ether oxygens (including phenoxy) is 1. The molecule has 142 valence electrons. The van der Waals surface area contributed by atoms with Gasteiger partial charge in [-0.3, -0.25) is 9.59 Å². The predicted molar refractivity (Wildman–Crippen MR) is 110 cm³/mol. The molecule has 0 spiro atoms. The first-order valence-electron chi connectivity index (χ1n) is 9.40. The zero-order valence-corrected chi connectivity index (χ0v) is 16.0. The Kier molecular flexibility index (Phi) is 6.38. The second-order valence-electron chi connectivity index (χ2n) is 7.02. The maximum absolute atomic E-state index is 13.2. The van der Waals surface area contributed by atoms with E-state index in [1.54, 1.807) is 0 Å². The van der Waals surface area contributed by atoms with Crippen LogP contribution in [0.25, 0.3) is 0 Å². The zero-order valence-electron chi connectivity index (χ0n) is 16.0. The van der Waals surface area contributed by atoms with E-state index >= 15 is 0 Å². The molecule has 0 heterocycles. The van der Waals surface area contributed by atoms with Gasteiger partial charge in [-0.1, -0.05) is 91.0 Å². The van der Waals surface area contributed by atoms with E-state index in [1.165, 1.54) is 6.92 Å². The third kappa shape index (κ3) is 4.74. The summed E-state index contributed by atoms with van der Waals surface area (Å²) in [5.74, 6) is -0.658. The lowest BCUT2D eigenvalue weighted by molar-refractivity contribution is -0.161. The van der Waals surface area contributed by atoms with E-state index in [-0.39, 0.29) is 12.4 Å². The van der Waals surface area contributed by atoms with Crippen LogP contribution < -0.4 is 0 Å². The van der Waals surface area contributed by atoms with Crippen LogP contribution >= 0.6 is 0 Å². The number of benzene rings is 3. The summed E-state index contributed by atoms with van der Waals surface area (Å²) in [6.45, 7) is 1.63. The molecular formula is C25H24O3. The first-order chi connectivity index (χ1) is 13.6. The van der Waals surface area contributed by atoms with Crippen molar-refractivity contribution in [2.75, 3.05) is 0 Å². The molecule has 0 saturated heterocycles. The molecule has 3 rings (SSSR count). The molecular weight excluding hydrogens is 348 g/mol. The molecule has 0 aliphatic carbocycles. The molecule has 0 aromatic heterocycles. The number of esters is 1. The Balaban J connectivity index is 1.91. The van der Waals surface area contributed by atoms with Crippen molar-refractivity contribution in [2.45, 2.75) is 26.4 Å². The fourth-order valence-electron chi connectivity index (χ4n) is 3.35. The van der Waals surface area contributed by atoms with E-state index in [2.05, 4.69) is 0 Å². The maximum Gasteiger partial charge on any atom is 0.320 e. The van der Waals surface area contributed by atoms with Crippen LogP contribution in [-0.2, 0) is 33.8 Å². The van der Waals surface area contributed by atoms with Gasteiger partial charge < -0.3 is 4.74 Å². The van der Waals surface area contributed by atoms with Crippen molar-refractivity contribution in [2.24, 2.45) is 5.41 Å². The smallest absolute Gasteiger partial charge is 0.320 e. The van der Waals surface area contributed by atoms with Gasteiger partial charge in [-0.15, -0.1) is 0 Å². The molecule has 28 heavy (non-hydrogen) atoms. The SMILES string of the molecule is CC(=O)C(Cc1ccccc1)(Cc1ccccc1)C(=O)OCc1ccccc1. The van der Waals surface area contributed by atoms with Gasteiger partial charge in [0.1, 0.15) is 17.8 Å². The van der Waals surface area contributed by atoms with Crippen LogP contribution in [0.2, 0.25) is 0 Å². The topological polar surface area (TPSA) is 43.4 Å². The normalized spacial score (nSPS) is 11.0. The van der Waals surface area contributed by atoms with Gasteiger partial charge in [0.15, 0.2) is 0 Å². The van der Waals surface area contributed by atoms with Crippen molar-refractivity contribution in [3.63, 3.8) is 0 Å². The molecule has 0 saturated carbocycles. The highest BCUT2D eigenvalue weighted by atomic mass is 16.5. The van der Waals surface area contributed by atoms with E-state index < -0.39 is 11.4 Å². The highest BCUT2D eigenvalue weighted by Gasteiger charge is 2.45. The minimum Gasteiger partial charge on any atom is -0.460 e. The average Bonchev–Trinajstić information content (AvgIpc) is 2.73. The van der Waals surface area contributed by atoms with Gasteiger partial charge in [0, 0.05) is 0 Å². The quantitative estimate of drug-likeness (QED) is 0.422.